The van der Waals surface area contributed by atoms with Crippen LogP contribution in [-0.4, -0.2) is 37.2 Å². The van der Waals surface area contributed by atoms with Gasteiger partial charge >= 0.3 is 17.9 Å². The van der Waals surface area contributed by atoms with Gasteiger partial charge in [0.05, 0.1) is 0 Å². The van der Waals surface area contributed by atoms with Crippen LogP contribution < -0.4 is 0 Å². The summed E-state index contributed by atoms with van der Waals surface area (Å²) in [6.07, 6.45) is 92.8. The van der Waals surface area contributed by atoms with E-state index in [2.05, 4.69) is 118 Å². The number of esters is 3. The van der Waals surface area contributed by atoms with Crippen LogP contribution in [0.25, 0.3) is 0 Å². The zero-order chi connectivity index (χ0) is 58.5. The summed E-state index contributed by atoms with van der Waals surface area (Å²) < 4.78 is 17.0. The fraction of sp³-hybridized carbons (Fsp3) is 0.747. The molecule has 0 radical (unpaired) electrons. The van der Waals surface area contributed by atoms with Crippen molar-refractivity contribution in [2.24, 2.45) is 0 Å². The minimum Gasteiger partial charge on any atom is -0.462 e. The average Bonchev–Trinajstić information content (AvgIpc) is 3.47. The lowest BCUT2D eigenvalue weighted by Crippen LogP contribution is -2.30. The van der Waals surface area contributed by atoms with Crippen LogP contribution in [0, 0.1) is 0 Å². The molecule has 0 spiro atoms. The van der Waals surface area contributed by atoms with Gasteiger partial charge < -0.3 is 14.2 Å². The third kappa shape index (κ3) is 67.0. The molecule has 0 N–H and O–H groups in total. The first-order valence-corrected chi connectivity index (χ1v) is 34.7. The van der Waals surface area contributed by atoms with Gasteiger partial charge in [-0.3, -0.25) is 14.4 Å². The van der Waals surface area contributed by atoms with E-state index in [-0.39, 0.29) is 31.1 Å². The number of hydrogen-bond acceptors (Lipinski definition) is 6. The smallest absolute Gasteiger partial charge is 0.306 e. The van der Waals surface area contributed by atoms with Crippen molar-refractivity contribution in [2.75, 3.05) is 13.2 Å². The van der Waals surface area contributed by atoms with Gasteiger partial charge in [-0.2, -0.15) is 0 Å². The molecule has 6 heteroatoms. The first-order chi connectivity index (χ1) is 40.0. The van der Waals surface area contributed by atoms with Crippen LogP contribution in [0.4, 0.5) is 0 Å². The van der Waals surface area contributed by atoms with Gasteiger partial charge in [0, 0.05) is 19.3 Å². The molecule has 0 fully saturated rings. The lowest BCUT2D eigenvalue weighted by molar-refractivity contribution is -0.167. The number of carbonyl (C=O) groups excluding carboxylic acids is 3. The molecule has 0 aliphatic heterocycles. The minimum atomic E-state index is -0.786. The Balaban J connectivity index is 4.28. The van der Waals surface area contributed by atoms with Gasteiger partial charge in [0.1, 0.15) is 13.2 Å². The topological polar surface area (TPSA) is 78.9 Å². The molecule has 0 saturated carbocycles. The molecule has 0 aliphatic carbocycles. The highest BCUT2D eigenvalue weighted by Crippen LogP contribution is 2.17. The fourth-order valence-electron chi connectivity index (χ4n) is 9.85. The Morgan fingerprint density at radius 1 is 0.259 bits per heavy atom. The summed E-state index contributed by atoms with van der Waals surface area (Å²) in [5, 5.41) is 0. The van der Waals surface area contributed by atoms with Crippen LogP contribution in [0.2, 0.25) is 0 Å². The Labute approximate surface area is 502 Å². The molecule has 1 atom stereocenters. The molecule has 0 aromatic heterocycles. The first-order valence-electron chi connectivity index (χ1n) is 34.7. The van der Waals surface area contributed by atoms with Crippen LogP contribution in [0.15, 0.2) is 97.2 Å². The summed E-state index contributed by atoms with van der Waals surface area (Å²) in [6, 6.07) is 0. The molecule has 0 bridgehead atoms. The molecule has 0 amide bonds. The van der Waals surface area contributed by atoms with Crippen molar-refractivity contribution < 1.29 is 28.6 Å². The molecule has 0 aromatic rings. The third-order valence-corrected chi connectivity index (χ3v) is 15.0. The normalized spacial score (nSPS) is 12.7. The summed E-state index contributed by atoms with van der Waals surface area (Å²) >= 11 is 0. The quantitative estimate of drug-likeness (QED) is 0.0261. The van der Waals surface area contributed by atoms with Crippen molar-refractivity contribution in [1.29, 1.82) is 0 Å². The third-order valence-electron chi connectivity index (χ3n) is 15.0. The summed E-state index contributed by atoms with van der Waals surface area (Å²) in [5.41, 5.74) is 0. The zero-order valence-electron chi connectivity index (χ0n) is 53.5. The fourth-order valence-corrected chi connectivity index (χ4v) is 9.85. The van der Waals surface area contributed by atoms with Gasteiger partial charge in [-0.05, 0) is 122 Å². The number of hydrogen-bond donors (Lipinski definition) is 0. The van der Waals surface area contributed by atoms with Crippen LogP contribution in [0.1, 0.15) is 342 Å². The van der Waals surface area contributed by atoms with Crippen LogP contribution >= 0.6 is 0 Å². The van der Waals surface area contributed by atoms with Gasteiger partial charge in [0.2, 0.25) is 0 Å². The highest BCUT2D eigenvalue weighted by atomic mass is 16.6. The van der Waals surface area contributed by atoms with Crippen molar-refractivity contribution >= 4 is 17.9 Å². The highest BCUT2D eigenvalue weighted by molar-refractivity contribution is 5.71. The molecule has 0 saturated heterocycles. The van der Waals surface area contributed by atoms with Crippen LogP contribution in [-0.2, 0) is 28.6 Å². The monoisotopic (exact) mass is 1130 g/mol. The lowest BCUT2D eigenvalue weighted by Gasteiger charge is -2.18. The molecular formula is C75H130O6. The summed E-state index contributed by atoms with van der Waals surface area (Å²) in [7, 11) is 0. The average molecular weight is 1130 g/mol. The van der Waals surface area contributed by atoms with Gasteiger partial charge in [-0.15, -0.1) is 0 Å². The minimum absolute atomic E-state index is 0.0808. The standard InChI is InChI=1S/C75H130O6/c1-4-7-10-13-16-19-22-25-28-31-32-33-34-35-36-37-38-39-40-41-42-45-47-50-53-56-59-62-65-68-74(77)80-71-72(81-75(78)69-66-63-60-57-54-51-48-44-30-27-24-21-18-15-12-9-6-3)70-79-73(76)67-64-61-58-55-52-49-46-43-29-26-23-20-17-14-11-8-5-2/h7,10,16-21,25-30,32-33,72H,4-6,8-9,11-15,22-24,31,34-71H2,1-3H3/b10-7-,19-16-,20-17-,21-18-,28-25-,29-26-,30-27-,33-32-. The van der Waals surface area contributed by atoms with E-state index in [1.54, 1.807) is 0 Å². The molecule has 0 aromatic carbocycles. The zero-order valence-corrected chi connectivity index (χ0v) is 53.5. The molecule has 0 rings (SSSR count). The van der Waals surface area contributed by atoms with Crippen molar-refractivity contribution in [2.45, 2.75) is 348 Å². The number of allylic oxidation sites excluding steroid dienone is 16. The maximum Gasteiger partial charge on any atom is 0.306 e. The Kier molecular flexibility index (Phi) is 65.7. The molecule has 0 aliphatic rings. The molecule has 466 valence electrons. The molecule has 0 heterocycles. The molecule has 1 unspecified atom stereocenters. The maximum absolute atomic E-state index is 12.9. The number of rotatable bonds is 63. The number of unbranched alkanes of at least 4 members (excludes halogenated alkanes) is 36. The highest BCUT2D eigenvalue weighted by Gasteiger charge is 2.19. The van der Waals surface area contributed by atoms with E-state index in [4.69, 9.17) is 14.2 Å². The van der Waals surface area contributed by atoms with E-state index in [0.29, 0.717) is 19.3 Å². The van der Waals surface area contributed by atoms with E-state index in [0.717, 1.165) is 109 Å². The largest absolute Gasteiger partial charge is 0.462 e. The van der Waals surface area contributed by atoms with Crippen LogP contribution in [0.3, 0.4) is 0 Å². The van der Waals surface area contributed by atoms with E-state index >= 15 is 0 Å². The maximum atomic E-state index is 12.9. The van der Waals surface area contributed by atoms with E-state index < -0.39 is 6.10 Å². The van der Waals surface area contributed by atoms with Gasteiger partial charge in [-0.25, -0.2) is 0 Å². The Morgan fingerprint density at radius 3 is 0.753 bits per heavy atom. The number of ether oxygens (including phenoxy) is 3. The van der Waals surface area contributed by atoms with Crippen molar-refractivity contribution in [3.05, 3.63) is 97.2 Å². The molecule has 81 heavy (non-hydrogen) atoms. The summed E-state index contributed by atoms with van der Waals surface area (Å²) in [4.78, 5) is 38.4. The van der Waals surface area contributed by atoms with Gasteiger partial charge in [-0.1, -0.05) is 298 Å². The second kappa shape index (κ2) is 68.8. The Hall–Kier alpha value is -3.67. The van der Waals surface area contributed by atoms with Gasteiger partial charge in [0.25, 0.3) is 0 Å². The first kappa shape index (κ1) is 77.3. The molecule has 6 nitrogen and oxygen atoms in total. The Bertz CT molecular complexity index is 1580. The number of carbonyl (C=O) groups is 3. The Morgan fingerprint density at radius 2 is 0.481 bits per heavy atom. The predicted octanol–water partition coefficient (Wildman–Crippen LogP) is 24.0. The molecular weight excluding hydrogens is 997 g/mol. The van der Waals surface area contributed by atoms with Crippen molar-refractivity contribution in [1.82, 2.24) is 0 Å². The van der Waals surface area contributed by atoms with Crippen molar-refractivity contribution in [3.8, 4) is 0 Å². The van der Waals surface area contributed by atoms with E-state index in [1.165, 1.54) is 193 Å². The van der Waals surface area contributed by atoms with E-state index in [9.17, 15) is 14.4 Å². The van der Waals surface area contributed by atoms with Gasteiger partial charge in [0.15, 0.2) is 6.10 Å². The van der Waals surface area contributed by atoms with E-state index in [1.807, 2.05) is 0 Å². The second-order valence-corrected chi connectivity index (χ2v) is 23.1. The van der Waals surface area contributed by atoms with Crippen molar-refractivity contribution in [3.63, 3.8) is 0 Å². The summed E-state index contributed by atoms with van der Waals surface area (Å²) in [6.45, 7) is 6.50. The summed E-state index contributed by atoms with van der Waals surface area (Å²) in [5.74, 6) is -0.881. The van der Waals surface area contributed by atoms with Crippen LogP contribution in [0.5, 0.6) is 0 Å². The SMILES string of the molecule is CC/C=C\C/C=C\C/C=C\C/C=C\CCCCCCCCCCCCCCCCCCC(=O)OCC(COC(=O)CCCCCCCCC/C=C\C/C=C\CCCCC)OC(=O)CCCCCCCCC/C=C\C/C=C\CCCCC. The lowest BCUT2D eigenvalue weighted by atomic mass is 10.0. The second-order valence-electron chi connectivity index (χ2n) is 23.1. The predicted molar refractivity (Wildman–Crippen MR) is 353 cm³/mol.